The summed E-state index contributed by atoms with van der Waals surface area (Å²) in [7, 11) is 1.35. The van der Waals surface area contributed by atoms with Crippen molar-refractivity contribution in [2.45, 2.75) is 25.3 Å². The molecule has 0 aliphatic carbocycles. The predicted octanol–water partition coefficient (Wildman–Crippen LogP) is 3.64. The summed E-state index contributed by atoms with van der Waals surface area (Å²) in [6.07, 6.45) is 3.61. The summed E-state index contributed by atoms with van der Waals surface area (Å²) < 4.78 is 4.73. The molecule has 2 saturated heterocycles. The zero-order valence-corrected chi connectivity index (χ0v) is 17.4. The SMILES string of the molecule is COC(=O)c1cccc(NC(=O)N2CC(N3CCC(Cc4ccccc4)CC3)C2)c1. The third-order valence-electron chi connectivity index (χ3n) is 6.22. The molecule has 30 heavy (non-hydrogen) atoms. The van der Waals surface area contributed by atoms with Crippen LogP contribution in [-0.4, -0.2) is 61.1 Å². The van der Waals surface area contributed by atoms with Crippen molar-refractivity contribution in [3.8, 4) is 0 Å². The number of nitrogens with one attached hydrogen (secondary N) is 1. The summed E-state index contributed by atoms with van der Waals surface area (Å²) in [6, 6.07) is 17.9. The highest BCUT2D eigenvalue weighted by molar-refractivity contribution is 5.94. The Morgan fingerprint density at radius 2 is 1.77 bits per heavy atom. The smallest absolute Gasteiger partial charge is 0.337 e. The predicted molar refractivity (Wildman–Crippen MR) is 117 cm³/mol. The van der Waals surface area contributed by atoms with Gasteiger partial charge >= 0.3 is 12.0 Å². The van der Waals surface area contributed by atoms with E-state index in [0.29, 0.717) is 17.3 Å². The number of ether oxygens (including phenoxy) is 1. The van der Waals surface area contributed by atoms with Crippen LogP contribution in [-0.2, 0) is 11.2 Å². The zero-order chi connectivity index (χ0) is 20.9. The molecule has 6 nitrogen and oxygen atoms in total. The van der Waals surface area contributed by atoms with E-state index in [2.05, 4.69) is 40.5 Å². The number of esters is 1. The molecule has 0 bridgehead atoms. The summed E-state index contributed by atoms with van der Waals surface area (Å²) in [5, 5.41) is 2.88. The number of hydrogen-bond donors (Lipinski definition) is 1. The van der Waals surface area contributed by atoms with Gasteiger partial charge in [-0.05, 0) is 62.0 Å². The molecule has 158 valence electrons. The van der Waals surface area contributed by atoms with Crippen molar-refractivity contribution in [3.05, 3.63) is 65.7 Å². The summed E-state index contributed by atoms with van der Waals surface area (Å²) in [5.74, 6) is 0.344. The second-order valence-corrected chi connectivity index (χ2v) is 8.23. The Morgan fingerprint density at radius 3 is 2.47 bits per heavy atom. The number of anilines is 1. The maximum absolute atomic E-state index is 12.5. The van der Waals surface area contributed by atoms with Crippen LogP contribution in [0.15, 0.2) is 54.6 Å². The first kappa shape index (κ1) is 20.4. The molecule has 0 saturated carbocycles. The van der Waals surface area contributed by atoms with Gasteiger partial charge < -0.3 is 15.0 Å². The lowest BCUT2D eigenvalue weighted by atomic mass is 9.89. The van der Waals surface area contributed by atoms with Crippen molar-refractivity contribution < 1.29 is 14.3 Å². The topological polar surface area (TPSA) is 61.9 Å². The molecule has 2 aromatic carbocycles. The Bertz CT molecular complexity index is 872. The van der Waals surface area contributed by atoms with Crippen molar-refractivity contribution in [1.29, 1.82) is 0 Å². The molecule has 2 aromatic rings. The molecule has 0 spiro atoms. The van der Waals surface area contributed by atoms with E-state index >= 15 is 0 Å². The number of carbonyl (C=O) groups is 2. The molecule has 0 aromatic heterocycles. The van der Waals surface area contributed by atoms with E-state index in [-0.39, 0.29) is 6.03 Å². The fraction of sp³-hybridized carbons (Fsp3) is 0.417. The van der Waals surface area contributed by atoms with E-state index in [1.54, 1.807) is 24.3 Å². The Kier molecular flexibility index (Phi) is 6.33. The number of urea groups is 1. The van der Waals surface area contributed by atoms with Crippen molar-refractivity contribution in [3.63, 3.8) is 0 Å². The Hall–Kier alpha value is -2.86. The fourth-order valence-corrected chi connectivity index (χ4v) is 4.37. The molecule has 0 unspecified atom stereocenters. The van der Waals surface area contributed by atoms with E-state index in [9.17, 15) is 9.59 Å². The Balaban J connectivity index is 1.21. The molecular formula is C24H29N3O3. The van der Waals surface area contributed by atoms with Crippen LogP contribution in [0.4, 0.5) is 10.5 Å². The number of benzene rings is 2. The second kappa shape index (κ2) is 9.30. The molecule has 2 fully saturated rings. The summed E-state index contributed by atoms with van der Waals surface area (Å²) in [5.41, 5.74) is 2.46. The quantitative estimate of drug-likeness (QED) is 0.769. The van der Waals surface area contributed by atoms with Gasteiger partial charge in [0.25, 0.3) is 0 Å². The summed E-state index contributed by atoms with van der Waals surface area (Å²) in [4.78, 5) is 28.5. The normalized spacial score (nSPS) is 18.0. The molecule has 0 radical (unpaired) electrons. The molecule has 2 aliphatic heterocycles. The van der Waals surface area contributed by atoms with Gasteiger partial charge in [-0.15, -0.1) is 0 Å². The van der Waals surface area contributed by atoms with Crippen LogP contribution in [0.5, 0.6) is 0 Å². The zero-order valence-electron chi connectivity index (χ0n) is 17.4. The number of amides is 2. The van der Waals surface area contributed by atoms with Gasteiger partial charge in [-0.1, -0.05) is 36.4 Å². The molecule has 2 amide bonds. The minimum atomic E-state index is -0.411. The summed E-state index contributed by atoms with van der Waals surface area (Å²) in [6.45, 7) is 3.73. The van der Waals surface area contributed by atoms with Crippen LogP contribution in [0.1, 0.15) is 28.8 Å². The minimum absolute atomic E-state index is 0.118. The van der Waals surface area contributed by atoms with Gasteiger partial charge in [0.1, 0.15) is 0 Å². The number of nitrogens with zero attached hydrogens (tertiary/aromatic N) is 2. The lowest BCUT2D eigenvalue weighted by Crippen LogP contribution is -2.63. The van der Waals surface area contributed by atoms with Gasteiger partial charge in [0.2, 0.25) is 0 Å². The third-order valence-corrected chi connectivity index (χ3v) is 6.22. The Morgan fingerprint density at radius 1 is 1.03 bits per heavy atom. The first-order valence-corrected chi connectivity index (χ1v) is 10.6. The van der Waals surface area contributed by atoms with E-state index in [1.807, 2.05) is 4.90 Å². The molecule has 4 rings (SSSR count). The minimum Gasteiger partial charge on any atom is -0.465 e. The van der Waals surface area contributed by atoms with Gasteiger partial charge in [-0.2, -0.15) is 0 Å². The fourth-order valence-electron chi connectivity index (χ4n) is 4.37. The van der Waals surface area contributed by atoms with Crippen molar-refractivity contribution >= 4 is 17.7 Å². The van der Waals surface area contributed by atoms with Gasteiger partial charge in [0.15, 0.2) is 0 Å². The van der Waals surface area contributed by atoms with Gasteiger partial charge in [0, 0.05) is 24.8 Å². The van der Waals surface area contributed by atoms with Crippen molar-refractivity contribution in [1.82, 2.24) is 9.80 Å². The van der Waals surface area contributed by atoms with Crippen LogP contribution in [0.3, 0.4) is 0 Å². The van der Waals surface area contributed by atoms with E-state index in [0.717, 1.165) is 32.1 Å². The lowest BCUT2D eigenvalue weighted by Gasteiger charge is -2.47. The lowest BCUT2D eigenvalue weighted by molar-refractivity contribution is 0.0383. The van der Waals surface area contributed by atoms with Gasteiger partial charge in [0.05, 0.1) is 12.7 Å². The van der Waals surface area contributed by atoms with Crippen LogP contribution < -0.4 is 5.32 Å². The molecule has 6 heteroatoms. The highest BCUT2D eigenvalue weighted by Crippen LogP contribution is 2.26. The van der Waals surface area contributed by atoms with Crippen molar-refractivity contribution in [2.75, 3.05) is 38.6 Å². The van der Waals surface area contributed by atoms with Crippen LogP contribution in [0.2, 0.25) is 0 Å². The number of likely N-dealkylation sites (tertiary alicyclic amines) is 2. The highest BCUT2D eigenvalue weighted by Gasteiger charge is 2.36. The molecule has 1 N–H and O–H groups in total. The van der Waals surface area contributed by atoms with Crippen molar-refractivity contribution in [2.24, 2.45) is 5.92 Å². The number of hydrogen-bond acceptors (Lipinski definition) is 4. The van der Waals surface area contributed by atoms with Gasteiger partial charge in [-0.3, -0.25) is 4.90 Å². The number of piperidine rings is 1. The van der Waals surface area contributed by atoms with Crippen LogP contribution in [0.25, 0.3) is 0 Å². The van der Waals surface area contributed by atoms with E-state index < -0.39 is 5.97 Å². The summed E-state index contributed by atoms with van der Waals surface area (Å²) >= 11 is 0. The number of rotatable bonds is 5. The Labute approximate surface area is 177 Å². The molecule has 0 atom stereocenters. The standard InChI is InChI=1S/C24H29N3O3/c1-30-23(28)20-8-5-9-21(15-20)25-24(29)27-16-22(17-27)26-12-10-19(11-13-26)14-18-6-3-2-4-7-18/h2-9,15,19,22H,10-14,16-17H2,1H3,(H,25,29). The number of methoxy groups -OCH3 is 1. The van der Waals surface area contributed by atoms with E-state index in [4.69, 9.17) is 4.74 Å². The average Bonchev–Trinajstić information content (AvgIpc) is 2.74. The van der Waals surface area contributed by atoms with Crippen LogP contribution in [0, 0.1) is 5.92 Å². The molecule has 2 heterocycles. The molecule has 2 aliphatic rings. The third kappa shape index (κ3) is 4.82. The largest absolute Gasteiger partial charge is 0.465 e. The van der Waals surface area contributed by atoms with Gasteiger partial charge in [-0.25, -0.2) is 9.59 Å². The van der Waals surface area contributed by atoms with E-state index in [1.165, 1.54) is 31.9 Å². The van der Waals surface area contributed by atoms with Crippen LogP contribution >= 0.6 is 0 Å². The average molecular weight is 408 g/mol. The maximum atomic E-state index is 12.5. The monoisotopic (exact) mass is 407 g/mol. The highest BCUT2D eigenvalue weighted by atomic mass is 16.5. The molecular weight excluding hydrogens is 378 g/mol. The first-order chi connectivity index (χ1) is 14.6. The first-order valence-electron chi connectivity index (χ1n) is 10.6. The number of carbonyl (C=O) groups excluding carboxylic acids is 2. The maximum Gasteiger partial charge on any atom is 0.337 e. The second-order valence-electron chi connectivity index (χ2n) is 8.23.